The Balaban J connectivity index is 3.81. The molecule has 0 N–H and O–H groups in total. The second-order valence-corrected chi connectivity index (χ2v) is 9.07. The SMILES string of the molecule is CCCCCC(C)CCCCCCCC(=O)OC(CC(=O)[O-])C[N+](C)(C)C. The molecule has 2 unspecified atom stereocenters. The van der Waals surface area contributed by atoms with Crippen LogP contribution in [0.4, 0.5) is 0 Å². The Morgan fingerprint density at radius 1 is 0.926 bits per heavy atom. The van der Waals surface area contributed by atoms with Crippen LogP contribution in [0.25, 0.3) is 0 Å². The number of esters is 1. The number of unbranched alkanes of at least 4 members (excludes halogenated alkanes) is 6. The molecule has 5 nitrogen and oxygen atoms in total. The highest BCUT2D eigenvalue weighted by molar-refractivity contribution is 5.70. The van der Waals surface area contributed by atoms with E-state index < -0.39 is 12.1 Å². The van der Waals surface area contributed by atoms with Gasteiger partial charge in [-0.15, -0.1) is 0 Å². The largest absolute Gasteiger partial charge is 0.550 e. The Hall–Kier alpha value is -1.10. The van der Waals surface area contributed by atoms with E-state index in [1.165, 1.54) is 44.9 Å². The minimum atomic E-state index is -1.18. The van der Waals surface area contributed by atoms with Gasteiger partial charge in [0.15, 0.2) is 6.10 Å². The fraction of sp³-hybridized carbons (Fsp3) is 0.909. The van der Waals surface area contributed by atoms with Gasteiger partial charge >= 0.3 is 5.97 Å². The molecule has 0 aliphatic carbocycles. The lowest BCUT2D eigenvalue weighted by Gasteiger charge is -2.29. The van der Waals surface area contributed by atoms with E-state index in [1.807, 2.05) is 21.1 Å². The predicted molar refractivity (Wildman–Crippen MR) is 108 cm³/mol. The number of ether oxygens (including phenoxy) is 1. The van der Waals surface area contributed by atoms with E-state index in [0.29, 0.717) is 17.4 Å². The molecule has 0 radical (unpaired) electrons. The summed E-state index contributed by atoms with van der Waals surface area (Å²) in [7, 11) is 5.84. The second kappa shape index (κ2) is 14.9. The normalized spacial score (nSPS) is 14.0. The molecule has 0 saturated heterocycles. The molecule has 0 aliphatic heterocycles. The number of quaternary nitrogens is 1. The van der Waals surface area contributed by atoms with Gasteiger partial charge in [0.25, 0.3) is 0 Å². The molecule has 0 saturated carbocycles. The quantitative estimate of drug-likeness (QED) is 0.218. The van der Waals surface area contributed by atoms with E-state index in [9.17, 15) is 14.7 Å². The van der Waals surface area contributed by atoms with Crippen molar-refractivity contribution in [1.82, 2.24) is 0 Å². The van der Waals surface area contributed by atoms with E-state index in [2.05, 4.69) is 13.8 Å². The van der Waals surface area contributed by atoms with Crippen LogP contribution in [-0.2, 0) is 14.3 Å². The van der Waals surface area contributed by atoms with Gasteiger partial charge in [0, 0.05) is 18.8 Å². The maximum Gasteiger partial charge on any atom is 0.306 e. The first-order valence-corrected chi connectivity index (χ1v) is 10.8. The first-order valence-electron chi connectivity index (χ1n) is 10.8. The van der Waals surface area contributed by atoms with E-state index in [-0.39, 0.29) is 12.4 Å². The second-order valence-electron chi connectivity index (χ2n) is 9.07. The number of carboxylic acids is 1. The van der Waals surface area contributed by atoms with Crippen LogP contribution in [0.1, 0.15) is 90.9 Å². The van der Waals surface area contributed by atoms with E-state index in [0.717, 1.165) is 25.2 Å². The van der Waals surface area contributed by atoms with E-state index in [4.69, 9.17) is 4.74 Å². The molecule has 0 spiro atoms. The summed E-state index contributed by atoms with van der Waals surface area (Å²) < 4.78 is 5.91. The molecule has 0 amide bonds. The van der Waals surface area contributed by atoms with Crippen molar-refractivity contribution in [3.05, 3.63) is 0 Å². The van der Waals surface area contributed by atoms with Gasteiger partial charge in [0.05, 0.1) is 21.1 Å². The van der Waals surface area contributed by atoms with Crippen molar-refractivity contribution in [3.63, 3.8) is 0 Å². The van der Waals surface area contributed by atoms with Crippen LogP contribution < -0.4 is 5.11 Å². The molecule has 0 aromatic heterocycles. The molecular formula is C22H43NO4. The fourth-order valence-corrected chi connectivity index (χ4v) is 3.36. The van der Waals surface area contributed by atoms with Gasteiger partial charge in [0.2, 0.25) is 0 Å². The summed E-state index contributed by atoms with van der Waals surface area (Å²) >= 11 is 0. The fourth-order valence-electron chi connectivity index (χ4n) is 3.36. The molecular weight excluding hydrogens is 342 g/mol. The monoisotopic (exact) mass is 385 g/mol. The molecule has 0 aromatic rings. The van der Waals surface area contributed by atoms with Crippen molar-refractivity contribution in [2.45, 2.75) is 97.0 Å². The Bertz CT molecular complexity index is 404. The first kappa shape index (κ1) is 25.9. The number of rotatable bonds is 17. The van der Waals surface area contributed by atoms with Crippen molar-refractivity contribution in [2.24, 2.45) is 5.92 Å². The summed E-state index contributed by atoms with van der Waals surface area (Å²) in [6, 6.07) is 0. The van der Waals surface area contributed by atoms with Crippen LogP contribution in [0.3, 0.4) is 0 Å². The molecule has 27 heavy (non-hydrogen) atoms. The van der Waals surface area contributed by atoms with Gasteiger partial charge in [-0.2, -0.15) is 0 Å². The highest BCUT2D eigenvalue weighted by atomic mass is 16.5. The molecule has 2 atom stereocenters. The highest BCUT2D eigenvalue weighted by Gasteiger charge is 2.22. The average molecular weight is 386 g/mol. The molecule has 0 rings (SSSR count). The lowest BCUT2D eigenvalue weighted by molar-refractivity contribution is -0.873. The van der Waals surface area contributed by atoms with Gasteiger partial charge in [-0.25, -0.2) is 0 Å². The molecule has 0 bridgehead atoms. The third-order valence-electron chi connectivity index (χ3n) is 4.82. The molecule has 0 heterocycles. The number of likely N-dealkylation sites (N-methyl/N-ethyl adjacent to an activating group) is 1. The van der Waals surface area contributed by atoms with Crippen LogP contribution in [0, 0.1) is 5.92 Å². The van der Waals surface area contributed by atoms with E-state index >= 15 is 0 Å². The number of carboxylic acid groups (broad SMARTS) is 1. The maximum atomic E-state index is 12.0. The van der Waals surface area contributed by atoms with Gasteiger partial charge < -0.3 is 19.1 Å². The third kappa shape index (κ3) is 18.0. The van der Waals surface area contributed by atoms with Gasteiger partial charge in [-0.1, -0.05) is 71.6 Å². The minimum Gasteiger partial charge on any atom is -0.550 e. The topological polar surface area (TPSA) is 66.4 Å². The summed E-state index contributed by atoms with van der Waals surface area (Å²) in [5.41, 5.74) is 0. The Morgan fingerprint density at radius 2 is 1.48 bits per heavy atom. The molecule has 160 valence electrons. The summed E-state index contributed by atoms with van der Waals surface area (Å²) in [6.45, 7) is 5.06. The summed E-state index contributed by atoms with van der Waals surface area (Å²) in [5.74, 6) is -0.641. The number of hydrogen-bond acceptors (Lipinski definition) is 4. The van der Waals surface area contributed by atoms with Crippen LogP contribution in [-0.4, -0.2) is 50.2 Å². The highest BCUT2D eigenvalue weighted by Crippen LogP contribution is 2.17. The zero-order chi connectivity index (χ0) is 20.7. The lowest BCUT2D eigenvalue weighted by Crippen LogP contribution is -2.45. The predicted octanol–water partition coefficient (Wildman–Crippen LogP) is 3.69. The molecule has 0 fully saturated rings. The third-order valence-corrected chi connectivity index (χ3v) is 4.82. The van der Waals surface area contributed by atoms with Gasteiger partial charge in [-0.05, 0) is 12.3 Å². The number of aliphatic carboxylic acids is 1. The maximum absolute atomic E-state index is 12.0. The van der Waals surface area contributed by atoms with Gasteiger partial charge in [0.1, 0.15) is 6.54 Å². The van der Waals surface area contributed by atoms with Crippen LogP contribution in [0.2, 0.25) is 0 Å². The molecule has 0 aliphatic rings. The van der Waals surface area contributed by atoms with Crippen LogP contribution in [0.15, 0.2) is 0 Å². The van der Waals surface area contributed by atoms with Crippen LogP contribution in [0.5, 0.6) is 0 Å². The van der Waals surface area contributed by atoms with Gasteiger partial charge in [-0.3, -0.25) is 4.79 Å². The molecule has 0 aromatic carbocycles. The number of hydrogen-bond donors (Lipinski definition) is 0. The minimum absolute atomic E-state index is 0.238. The van der Waals surface area contributed by atoms with Crippen LogP contribution >= 0.6 is 0 Å². The van der Waals surface area contributed by atoms with Crippen molar-refractivity contribution in [3.8, 4) is 0 Å². The Morgan fingerprint density at radius 3 is 2.04 bits per heavy atom. The zero-order valence-electron chi connectivity index (χ0n) is 18.4. The Labute approximate surface area is 167 Å². The number of carbonyl (C=O) groups excluding carboxylic acids is 2. The van der Waals surface area contributed by atoms with Crippen molar-refractivity contribution >= 4 is 11.9 Å². The van der Waals surface area contributed by atoms with E-state index in [1.54, 1.807) is 0 Å². The summed E-state index contributed by atoms with van der Waals surface area (Å²) in [5, 5.41) is 10.8. The number of carbonyl (C=O) groups is 2. The number of nitrogens with zero attached hydrogens (tertiary/aromatic N) is 1. The summed E-state index contributed by atoms with van der Waals surface area (Å²) in [4.78, 5) is 22.8. The van der Waals surface area contributed by atoms with Crippen molar-refractivity contribution in [1.29, 1.82) is 0 Å². The summed E-state index contributed by atoms with van der Waals surface area (Å²) in [6.07, 6.45) is 11.6. The standard InChI is InChI=1S/C22H43NO4/c1-6-7-11-14-19(2)15-12-9-8-10-13-16-22(26)27-20(17-21(24)25)18-23(3,4)5/h19-20H,6-18H2,1-5H3. The lowest BCUT2D eigenvalue weighted by atomic mass is 9.96. The zero-order valence-corrected chi connectivity index (χ0v) is 18.4. The average Bonchev–Trinajstić information content (AvgIpc) is 2.51. The smallest absolute Gasteiger partial charge is 0.306 e. The molecule has 5 heteroatoms. The first-order chi connectivity index (χ1) is 12.6. The van der Waals surface area contributed by atoms with Crippen molar-refractivity contribution < 1.29 is 23.9 Å². The Kier molecular flexibility index (Phi) is 14.3. The van der Waals surface area contributed by atoms with Crippen molar-refractivity contribution in [2.75, 3.05) is 27.7 Å².